The van der Waals surface area contributed by atoms with E-state index in [4.69, 9.17) is 0 Å². The van der Waals surface area contributed by atoms with Crippen LogP contribution in [0.3, 0.4) is 0 Å². The van der Waals surface area contributed by atoms with E-state index in [9.17, 15) is 24.3 Å². The number of hydrogen-bond acceptors (Lipinski definition) is 5. The van der Waals surface area contributed by atoms with E-state index in [0.717, 1.165) is 38.5 Å². The van der Waals surface area contributed by atoms with E-state index in [0.29, 0.717) is 12.8 Å². The van der Waals surface area contributed by atoms with Crippen molar-refractivity contribution in [2.45, 2.75) is 137 Å². The molecule has 0 aliphatic rings. The molecule has 0 saturated heterocycles. The largest absolute Gasteiger partial charge is 0.391 e. The molecule has 0 radical (unpaired) electrons. The molecule has 4 amide bonds. The minimum Gasteiger partial charge on any atom is -0.391 e. The second kappa shape index (κ2) is 22.1. The van der Waals surface area contributed by atoms with Crippen molar-refractivity contribution in [2.24, 2.45) is 11.8 Å². The van der Waals surface area contributed by atoms with Crippen LogP contribution in [-0.2, 0) is 19.2 Å². The normalized spacial score (nSPS) is 12.6. The van der Waals surface area contributed by atoms with Crippen LogP contribution in [0.15, 0.2) is 0 Å². The summed E-state index contributed by atoms with van der Waals surface area (Å²) in [7, 11) is 0. The van der Waals surface area contributed by atoms with E-state index >= 15 is 0 Å². The molecule has 0 aromatic heterocycles. The minimum atomic E-state index is -1.29. The molecule has 0 rings (SSSR count). The summed E-state index contributed by atoms with van der Waals surface area (Å²) in [5, 5.41) is 10.4. The summed E-state index contributed by atoms with van der Waals surface area (Å²) in [6.45, 7) is 7.30. The second-order valence-corrected chi connectivity index (χ2v) is 9.89. The molecule has 210 valence electrons. The molecular weight excluding hydrogens is 460 g/mol. The average Bonchev–Trinajstić information content (AvgIpc) is 2.87. The Labute approximate surface area is 218 Å². The first-order chi connectivity index (χ1) is 17.2. The van der Waals surface area contributed by atoms with Gasteiger partial charge in [0.1, 0.15) is 0 Å². The maximum absolute atomic E-state index is 12.3. The predicted octanol–water partition coefficient (Wildman–Crippen LogP) is 4.20. The molecule has 9 heteroatoms. The lowest BCUT2D eigenvalue weighted by atomic mass is 9.92. The zero-order chi connectivity index (χ0) is 27.2. The highest BCUT2D eigenvalue weighted by Crippen LogP contribution is 2.14. The van der Waals surface area contributed by atoms with E-state index in [2.05, 4.69) is 35.6 Å². The van der Waals surface area contributed by atoms with Gasteiger partial charge >= 0.3 is 0 Å². The molecule has 36 heavy (non-hydrogen) atoms. The van der Waals surface area contributed by atoms with E-state index in [-0.39, 0.29) is 11.8 Å². The highest BCUT2D eigenvalue weighted by molar-refractivity contribution is 5.86. The third kappa shape index (κ3) is 17.3. The second-order valence-electron chi connectivity index (χ2n) is 9.89. The Bertz CT molecular complexity index is 577. The number of nitrogens with one attached hydrogen (secondary N) is 4. The van der Waals surface area contributed by atoms with Gasteiger partial charge in [-0.1, -0.05) is 105 Å². The summed E-state index contributed by atoms with van der Waals surface area (Å²) < 4.78 is 0. The molecule has 0 fully saturated rings. The third-order valence-electron chi connectivity index (χ3n) is 6.52. The van der Waals surface area contributed by atoms with Gasteiger partial charge in [0.2, 0.25) is 23.6 Å². The van der Waals surface area contributed by atoms with Gasteiger partial charge in [0.25, 0.3) is 0 Å². The zero-order valence-electron chi connectivity index (χ0n) is 23.1. The summed E-state index contributed by atoms with van der Waals surface area (Å²) in [5.41, 5.74) is 9.38. The van der Waals surface area contributed by atoms with Crippen LogP contribution in [0.25, 0.3) is 0 Å². The lowest BCUT2D eigenvalue weighted by Gasteiger charge is -2.23. The Morgan fingerprint density at radius 1 is 0.528 bits per heavy atom. The number of unbranched alkanes of at least 4 members (excludes halogenated alkanes) is 12. The summed E-state index contributed by atoms with van der Waals surface area (Å²) in [6.07, 6.45) is 14.7. The lowest BCUT2D eigenvalue weighted by molar-refractivity contribution is -0.139. The van der Waals surface area contributed by atoms with Crippen LogP contribution in [0.4, 0.5) is 0 Å². The van der Waals surface area contributed by atoms with Crippen molar-refractivity contribution in [1.29, 1.82) is 0 Å². The fourth-order valence-corrected chi connectivity index (χ4v) is 3.84. The summed E-state index contributed by atoms with van der Waals surface area (Å²) in [4.78, 5) is 48.5. The Balaban J connectivity index is 4.09. The molecule has 0 saturated carbocycles. The third-order valence-corrected chi connectivity index (χ3v) is 6.52. The number of rotatable bonds is 20. The molecule has 0 aliphatic carbocycles. The van der Waals surface area contributed by atoms with E-state index < -0.39 is 29.8 Å². The number of aliphatic hydroxyl groups is 1. The van der Waals surface area contributed by atoms with Crippen molar-refractivity contribution in [3.8, 4) is 0 Å². The van der Waals surface area contributed by atoms with Gasteiger partial charge in [0, 0.05) is 12.8 Å². The number of aliphatic hydroxyl groups excluding tert-OH is 1. The van der Waals surface area contributed by atoms with Crippen molar-refractivity contribution < 1.29 is 24.3 Å². The lowest BCUT2D eigenvalue weighted by Crippen LogP contribution is -2.51. The molecule has 0 spiro atoms. The number of amides is 4. The molecule has 0 aromatic carbocycles. The monoisotopic (exact) mass is 512 g/mol. The number of hydrogen-bond donors (Lipinski definition) is 5. The first-order valence-electron chi connectivity index (χ1n) is 14.1. The molecule has 5 N–H and O–H groups in total. The quantitative estimate of drug-likeness (QED) is 0.123. The van der Waals surface area contributed by atoms with Crippen LogP contribution in [0.5, 0.6) is 0 Å². The molecule has 0 bridgehead atoms. The topological polar surface area (TPSA) is 137 Å². The maximum Gasteiger partial charge on any atom is 0.243 e. The van der Waals surface area contributed by atoms with E-state index in [1.54, 1.807) is 0 Å². The summed E-state index contributed by atoms with van der Waals surface area (Å²) in [6, 6.07) is 0. The molecule has 0 aromatic rings. The van der Waals surface area contributed by atoms with Crippen molar-refractivity contribution in [2.75, 3.05) is 0 Å². The Morgan fingerprint density at radius 3 is 1.17 bits per heavy atom. The molecule has 2 atom stereocenters. The predicted molar refractivity (Wildman–Crippen MR) is 142 cm³/mol. The number of hydrazine groups is 2. The molecular formula is C27H52N4O5. The van der Waals surface area contributed by atoms with Gasteiger partial charge in [-0.05, 0) is 12.8 Å². The Kier molecular flexibility index (Phi) is 20.7. The van der Waals surface area contributed by atoms with Crippen LogP contribution in [0.2, 0.25) is 0 Å². The van der Waals surface area contributed by atoms with Crippen molar-refractivity contribution in [3.05, 3.63) is 0 Å². The molecule has 0 heterocycles. The van der Waals surface area contributed by atoms with Gasteiger partial charge in [-0.25, -0.2) is 0 Å². The number of carbonyl (C=O) groups excluding carboxylic acids is 4. The first kappa shape index (κ1) is 33.8. The fourth-order valence-electron chi connectivity index (χ4n) is 3.84. The van der Waals surface area contributed by atoms with Gasteiger partial charge in [-0.15, -0.1) is 0 Å². The highest BCUT2D eigenvalue weighted by atomic mass is 16.3. The Morgan fingerprint density at radius 2 is 0.833 bits per heavy atom. The molecule has 9 nitrogen and oxygen atoms in total. The molecule has 0 aliphatic heterocycles. The summed E-state index contributed by atoms with van der Waals surface area (Å²) >= 11 is 0. The number of carbonyl (C=O) groups is 4. The van der Waals surface area contributed by atoms with Crippen LogP contribution in [0, 0.1) is 11.8 Å². The van der Waals surface area contributed by atoms with Crippen LogP contribution in [0.1, 0.15) is 130 Å². The van der Waals surface area contributed by atoms with Crippen molar-refractivity contribution in [3.63, 3.8) is 0 Å². The smallest absolute Gasteiger partial charge is 0.243 e. The van der Waals surface area contributed by atoms with Gasteiger partial charge in [0.15, 0.2) is 0 Å². The van der Waals surface area contributed by atoms with Gasteiger partial charge in [-0.3, -0.25) is 40.9 Å². The fraction of sp³-hybridized carbons (Fsp3) is 0.852. The Hall–Kier alpha value is -2.16. The van der Waals surface area contributed by atoms with Crippen LogP contribution < -0.4 is 21.7 Å². The van der Waals surface area contributed by atoms with Crippen molar-refractivity contribution >= 4 is 23.6 Å². The maximum atomic E-state index is 12.3. The average molecular weight is 513 g/mol. The SMILES string of the molecule is CCCCCCCCCC(=O)NNC(=O)[C@@H](C)C(O)[C@H](C)C(=O)NNC(=O)CCCCCCCCC. The standard InChI is InChI=1S/C27H52N4O5/c1-5-7-9-11-13-15-17-19-23(32)28-30-26(35)21(3)25(34)22(4)27(36)31-29-24(33)20-18-16-14-12-10-8-6-2/h21-22,25,34H,5-20H2,1-4H3,(H,28,32)(H,29,33)(H,30,35)(H,31,36)/t21-,22-/m0/s1. The zero-order valence-corrected chi connectivity index (χ0v) is 23.1. The van der Waals surface area contributed by atoms with Gasteiger partial charge in [0.05, 0.1) is 17.9 Å². The highest BCUT2D eigenvalue weighted by Gasteiger charge is 2.31. The summed E-state index contributed by atoms with van der Waals surface area (Å²) in [5.74, 6) is -3.61. The van der Waals surface area contributed by atoms with Crippen molar-refractivity contribution in [1.82, 2.24) is 21.7 Å². The van der Waals surface area contributed by atoms with E-state index in [1.165, 1.54) is 65.2 Å². The van der Waals surface area contributed by atoms with Gasteiger partial charge < -0.3 is 5.11 Å². The molecule has 0 unspecified atom stereocenters. The van der Waals surface area contributed by atoms with Crippen LogP contribution in [-0.4, -0.2) is 34.8 Å². The van der Waals surface area contributed by atoms with E-state index in [1.807, 2.05) is 0 Å². The first-order valence-corrected chi connectivity index (χ1v) is 14.1. The minimum absolute atomic E-state index is 0.284. The van der Waals surface area contributed by atoms with Gasteiger partial charge in [-0.2, -0.15) is 0 Å². The van der Waals surface area contributed by atoms with Crippen LogP contribution >= 0.6 is 0 Å².